The highest BCUT2D eigenvalue weighted by molar-refractivity contribution is 5.76. The Morgan fingerprint density at radius 1 is 1.31 bits per heavy atom. The van der Waals surface area contributed by atoms with Gasteiger partial charge >= 0.3 is 0 Å². The van der Waals surface area contributed by atoms with E-state index in [2.05, 4.69) is 0 Å². The van der Waals surface area contributed by atoms with E-state index in [-0.39, 0.29) is 12.1 Å². The van der Waals surface area contributed by atoms with Crippen molar-refractivity contribution in [3.05, 3.63) is 62.1 Å². The van der Waals surface area contributed by atoms with Crippen LogP contribution in [0.3, 0.4) is 0 Å². The number of pyridine rings is 1. The molecule has 1 amide bonds. The van der Waals surface area contributed by atoms with E-state index in [9.17, 15) is 19.7 Å². The fourth-order valence-corrected chi connectivity index (χ4v) is 2.95. The Bertz CT molecular complexity index is 1060. The summed E-state index contributed by atoms with van der Waals surface area (Å²) in [5.41, 5.74) is -0.749. The quantitative estimate of drug-likeness (QED) is 0.532. The van der Waals surface area contributed by atoms with Gasteiger partial charge in [0.25, 0.3) is 11.2 Å². The molecule has 0 aliphatic carbocycles. The molecule has 3 rings (SSSR count). The molecular weight excluding hydrogens is 380 g/mol. The predicted octanol–water partition coefficient (Wildman–Crippen LogP) is 1.45. The number of nitro groups is 1. The number of carbonyl (C=O) groups is 1. The van der Waals surface area contributed by atoms with Crippen LogP contribution in [0.1, 0.15) is 18.1 Å². The lowest BCUT2D eigenvalue weighted by atomic mass is 10.1. The molecule has 2 heterocycles. The number of amides is 1. The first-order chi connectivity index (χ1) is 13.9. The van der Waals surface area contributed by atoms with Crippen molar-refractivity contribution in [2.75, 3.05) is 19.8 Å². The first-order valence-electron chi connectivity index (χ1n) is 8.88. The van der Waals surface area contributed by atoms with Gasteiger partial charge in [-0.3, -0.25) is 24.3 Å². The summed E-state index contributed by atoms with van der Waals surface area (Å²) in [6.07, 6.45) is 0.971. The molecule has 29 heavy (non-hydrogen) atoms. The van der Waals surface area contributed by atoms with Crippen LogP contribution in [0.25, 0.3) is 0 Å². The predicted molar refractivity (Wildman–Crippen MR) is 101 cm³/mol. The van der Waals surface area contributed by atoms with Gasteiger partial charge in [0.05, 0.1) is 11.1 Å². The minimum atomic E-state index is -0.748. The van der Waals surface area contributed by atoms with Crippen LogP contribution >= 0.6 is 0 Å². The van der Waals surface area contributed by atoms with Gasteiger partial charge in [-0.15, -0.1) is 0 Å². The maximum absolute atomic E-state index is 12.7. The number of benzene rings is 1. The number of ether oxygens (including phenoxy) is 2. The Kier molecular flexibility index (Phi) is 5.78. The van der Waals surface area contributed by atoms with E-state index >= 15 is 0 Å². The topological polar surface area (TPSA) is 128 Å². The summed E-state index contributed by atoms with van der Waals surface area (Å²) in [5.74, 6) is 0.834. The monoisotopic (exact) mass is 398 g/mol. The van der Waals surface area contributed by atoms with E-state index in [0.717, 1.165) is 22.4 Å². The highest BCUT2D eigenvalue weighted by Gasteiger charge is 2.19. The second-order valence-electron chi connectivity index (χ2n) is 6.30. The molecule has 1 aliphatic heterocycles. The van der Waals surface area contributed by atoms with Gasteiger partial charge in [-0.05, 0) is 24.6 Å². The molecule has 0 saturated heterocycles. The number of hydrogen-bond donors (Lipinski definition) is 0. The van der Waals surface area contributed by atoms with E-state index in [0.29, 0.717) is 31.3 Å². The SMILES string of the molecule is CCN(Cc1ccc2c(c1)OCCO2)C(=O)Cn1cc([N+](=O)[O-])cc(C#N)c1=O. The molecule has 1 aliphatic rings. The van der Waals surface area contributed by atoms with Crippen molar-refractivity contribution < 1.29 is 19.2 Å². The van der Waals surface area contributed by atoms with Gasteiger partial charge in [-0.25, -0.2) is 0 Å². The minimum Gasteiger partial charge on any atom is -0.486 e. The number of rotatable bonds is 6. The van der Waals surface area contributed by atoms with Crippen molar-refractivity contribution in [2.24, 2.45) is 0 Å². The van der Waals surface area contributed by atoms with Crippen molar-refractivity contribution in [2.45, 2.75) is 20.0 Å². The van der Waals surface area contributed by atoms with Crippen LogP contribution in [0.2, 0.25) is 0 Å². The Labute approximate surface area is 165 Å². The molecule has 1 aromatic carbocycles. The molecule has 0 bridgehead atoms. The summed E-state index contributed by atoms with van der Waals surface area (Å²) in [6.45, 7) is 2.93. The zero-order chi connectivity index (χ0) is 21.0. The van der Waals surface area contributed by atoms with E-state index in [1.165, 1.54) is 4.90 Å². The van der Waals surface area contributed by atoms with E-state index in [4.69, 9.17) is 14.7 Å². The van der Waals surface area contributed by atoms with Gasteiger partial charge in [0.2, 0.25) is 5.91 Å². The molecule has 0 unspecified atom stereocenters. The van der Waals surface area contributed by atoms with Crippen molar-refractivity contribution in [3.63, 3.8) is 0 Å². The van der Waals surface area contributed by atoms with Gasteiger partial charge < -0.3 is 14.4 Å². The number of fused-ring (bicyclic) bond motifs is 1. The zero-order valence-corrected chi connectivity index (χ0v) is 15.7. The molecule has 2 aromatic rings. The Balaban J connectivity index is 1.80. The lowest BCUT2D eigenvalue weighted by Gasteiger charge is -2.23. The summed E-state index contributed by atoms with van der Waals surface area (Å²) in [7, 11) is 0. The van der Waals surface area contributed by atoms with E-state index in [1.807, 2.05) is 6.07 Å². The minimum absolute atomic E-state index is 0.265. The van der Waals surface area contributed by atoms with Gasteiger partial charge in [0.15, 0.2) is 11.5 Å². The Morgan fingerprint density at radius 2 is 2.03 bits per heavy atom. The second-order valence-corrected chi connectivity index (χ2v) is 6.30. The molecule has 0 N–H and O–H groups in total. The lowest BCUT2D eigenvalue weighted by Crippen LogP contribution is -2.36. The Hall–Kier alpha value is -3.87. The molecule has 0 radical (unpaired) electrons. The number of aromatic nitrogens is 1. The molecule has 10 heteroatoms. The van der Waals surface area contributed by atoms with Gasteiger partial charge in [0, 0.05) is 19.2 Å². The van der Waals surface area contributed by atoms with Crippen LogP contribution in [0, 0.1) is 21.4 Å². The van der Waals surface area contributed by atoms with Crippen molar-refractivity contribution in [1.82, 2.24) is 9.47 Å². The summed E-state index contributed by atoms with van der Waals surface area (Å²) in [6, 6.07) is 7.90. The van der Waals surface area contributed by atoms with Crippen LogP contribution < -0.4 is 15.0 Å². The lowest BCUT2D eigenvalue weighted by molar-refractivity contribution is -0.385. The van der Waals surface area contributed by atoms with Gasteiger partial charge in [-0.1, -0.05) is 6.07 Å². The zero-order valence-electron chi connectivity index (χ0n) is 15.7. The largest absolute Gasteiger partial charge is 0.486 e. The maximum Gasteiger partial charge on any atom is 0.287 e. The standard InChI is InChI=1S/C19H18N4O6/c1-2-21(10-13-3-4-16-17(7-13)29-6-5-28-16)18(24)12-22-11-15(23(26)27)8-14(9-20)19(22)25/h3-4,7-8,11H,2,5-6,10,12H2,1H3. The molecule has 1 aromatic heterocycles. The number of nitriles is 1. The highest BCUT2D eigenvalue weighted by Crippen LogP contribution is 2.31. The first kappa shape index (κ1) is 19.9. The van der Waals surface area contributed by atoms with Crippen LogP contribution in [0.15, 0.2) is 35.3 Å². The fourth-order valence-electron chi connectivity index (χ4n) is 2.95. The molecular formula is C19H18N4O6. The Morgan fingerprint density at radius 3 is 2.69 bits per heavy atom. The third-order valence-electron chi connectivity index (χ3n) is 4.42. The summed E-state index contributed by atoms with van der Waals surface area (Å²) in [5, 5.41) is 20.1. The fraction of sp³-hybridized carbons (Fsp3) is 0.316. The van der Waals surface area contributed by atoms with Crippen LogP contribution in [-0.4, -0.2) is 40.1 Å². The molecule has 0 atom stereocenters. The average Bonchev–Trinajstić information content (AvgIpc) is 2.73. The van der Waals surface area contributed by atoms with Gasteiger partial charge in [0.1, 0.15) is 31.4 Å². The van der Waals surface area contributed by atoms with Crippen LogP contribution in [0.4, 0.5) is 5.69 Å². The number of carbonyl (C=O) groups excluding carboxylic acids is 1. The molecule has 150 valence electrons. The van der Waals surface area contributed by atoms with Crippen LogP contribution in [0.5, 0.6) is 11.5 Å². The van der Waals surface area contributed by atoms with Crippen molar-refractivity contribution in [1.29, 1.82) is 5.26 Å². The molecule has 0 spiro atoms. The van der Waals surface area contributed by atoms with E-state index in [1.54, 1.807) is 25.1 Å². The summed E-state index contributed by atoms with van der Waals surface area (Å²) < 4.78 is 11.9. The molecule has 0 saturated carbocycles. The van der Waals surface area contributed by atoms with Crippen molar-refractivity contribution in [3.8, 4) is 17.6 Å². The van der Waals surface area contributed by atoms with Gasteiger partial charge in [-0.2, -0.15) is 5.26 Å². The third-order valence-corrected chi connectivity index (χ3v) is 4.42. The third kappa shape index (κ3) is 4.35. The summed E-state index contributed by atoms with van der Waals surface area (Å²) in [4.78, 5) is 36.8. The average molecular weight is 398 g/mol. The highest BCUT2D eigenvalue weighted by atomic mass is 16.6. The van der Waals surface area contributed by atoms with E-state index < -0.39 is 28.6 Å². The first-order valence-corrected chi connectivity index (χ1v) is 8.88. The number of nitrogens with zero attached hydrogens (tertiary/aromatic N) is 4. The van der Waals surface area contributed by atoms with Crippen LogP contribution in [-0.2, 0) is 17.9 Å². The summed E-state index contributed by atoms with van der Waals surface area (Å²) >= 11 is 0. The molecule has 10 nitrogen and oxygen atoms in total. The number of hydrogen-bond acceptors (Lipinski definition) is 7. The normalized spacial score (nSPS) is 12.1. The smallest absolute Gasteiger partial charge is 0.287 e. The van der Waals surface area contributed by atoms with Crippen molar-refractivity contribution >= 4 is 11.6 Å². The molecule has 0 fully saturated rings. The maximum atomic E-state index is 12.7. The second kappa shape index (κ2) is 8.43. The number of likely N-dealkylation sites (N-methyl/N-ethyl adjacent to an activating group) is 1.